The molecule has 0 aromatic heterocycles. The molecule has 444 valence electrons. The molecule has 0 unspecified atom stereocenters. The monoisotopic (exact) mass is 1120 g/mol. The molecule has 28 nitrogen and oxygen atoms in total. The van der Waals surface area contributed by atoms with Crippen LogP contribution in [0.4, 0.5) is 0 Å². The molecule has 18 N–H and O–H groups in total. The number of carboxylic acids is 1. The van der Waals surface area contributed by atoms with Gasteiger partial charge in [-0.15, -0.1) is 0 Å². The van der Waals surface area contributed by atoms with Gasteiger partial charge in [0.15, 0.2) is 11.9 Å². The summed E-state index contributed by atoms with van der Waals surface area (Å²) in [5.41, 5.74) is 33.6. The van der Waals surface area contributed by atoms with Crippen LogP contribution in [-0.4, -0.2) is 202 Å². The predicted molar refractivity (Wildman–Crippen MR) is 292 cm³/mol. The van der Waals surface area contributed by atoms with Gasteiger partial charge in [0.2, 0.25) is 53.2 Å². The Morgan fingerprint density at radius 1 is 0.557 bits per heavy atom. The minimum atomic E-state index is -1.26. The van der Waals surface area contributed by atoms with Crippen LogP contribution in [0, 0.1) is 11.8 Å². The summed E-state index contributed by atoms with van der Waals surface area (Å²) in [7, 11) is 0. The number of hydrogen-bond donors (Lipinski definition) is 12. The van der Waals surface area contributed by atoms with Gasteiger partial charge in [-0.1, -0.05) is 34.1 Å². The van der Waals surface area contributed by atoms with Gasteiger partial charge in [0, 0.05) is 39.3 Å². The molecule has 9 atom stereocenters. The number of amides is 9. The van der Waals surface area contributed by atoms with Crippen LogP contribution in [0.5, 0.6) is 0 Å². The average molecular weight is 1120 g/mol. The van der Waals surface area contributed by atoms with E-state index in [0.717, 1.165) is 0 Å². The zero-order chi connectivity index (χ0) is 58.5. The first-order valence-electron chi connectivity index (χ1n) is 28.0. The lowest BCUT2D eigenvalue weighted by atomic mass is 10.0. The van der Waals surface area contributed by atoms with Crippen molar-refractivity contribution in [1.82, 2.24) is 46.2 Å². The molecule has 9 amide bonds. The van der Waals surface area contributed by atoms with Crippen LogP contribution in [-0.2, 0) is 47.9 Å². The van der Waals surface area contributed by atoms with Crippen molar-refractivity contribution >= 4 is 71.1 Å². The highest BCUT2D eigenvalue weighted by Gasteiger charge is 2.45. The van der Waals surface area contributed by atoms with E-state index >= 15 is 0 Å². The van der Waals surface area contributed by atoms with Crippen LogP contribution in [0.25, 0.3) is 0 Å². The first kappa shape index (κ1) is 64.7. The van der Waals surface area contributed by atoms with Crippen LogP contribution in [0.3, 0.4) is 0 Å². The van der Waals surface area contributed by atoms with Gasteiger partial charge in [0.1, 0.15) is 48.3 Å². The molecule has 0 saturated carbocycles. The largest absolute Gasteiger partial charge is 0.480 e. The number of likely N-dealkylation sites (tertiary alicyclic amines) is 4. The van der Waals surface area contributed by atoms with Crippen molar-refractivity contribution in [2.24, 2.45) is 56.2 Å². The number of rotatable bonds is 30. The number of unbranched alkanes of at least 4 members (excludes halogenated alkanes) is 1. The number of nitrogens with zero attached hydrogens (tertiary/aromatic N) is 6. The van der Waals surface area contributed by atoms with E-state index in [1.807, 2.05) is 13.8 Å². The molecule has 0 aliphatic carbocycles. The lowest BCUT2D eigenvalue weighted by Crippen LogP contribution is -2.60. The van der Waals surface area contributed by atoms with E-state index in [1.54, 1.807) is 13.8 Å². The first-order valence-corrected chi connectivity index (χ1v) is 28.0. The number of hydrogen-bond acceptors (Lipinski definition) is 14. The molecule has 4 aliphatic rings. The van der Waals surface area contributed by atoms with Crippen molar-refractivity contribution < 1.29 is 53.1 Å². The van der Waals surface area contributed by atoms with Crippen molar-refractivity contribution in [2.75, 3.05) is 52.4 Å². The number of nitrogens with two attached hydrogens (primary N) is 6. The average Bonchev–Trinajstić information content (AvgIpc) is 4.26. The van der Waals surface area contributed by atoms with Crippen LogP contribution in [0.15, 0.2) is 9.98 Å². The summed E-state index contributed by atoms with van der Waals surface area (Å²) in [5.74, 6) is -7.25. The van der Waals surface area contributed by atoms with Crippen LogP contribution >= 0.6 is 0 Å². The highest BCUT2D eigenvalue weighted by molar-refractivity contribution is 5.99. The van der Waals surface area contributed by atoms with Crippen molar-refractivity contribution in [3.63, 3.8) is 0 Å². The summed E-state index contributed by atoms with van der Waals surface area (Å²) in [5, 5.41) is 23.3. The van der Waals surface area contributed by atoms with Crippen LogP contribution in [0.2, 0.25) is 0 Å². The number of aliphatic imine (C=N–C) groups is 2. The number of aliphatic carboxylic acids is 1. The van der Waals surface area contributed by atoms with E-state index in [2.05, 4.69) is 36.6 Å². The molecule has 0 spiro atoms. The first-order chi connectivity index (χ1) is 37.5. The Morgan fingerprint density at radius 3 is 1.51 bits per heavy atom. The van der Waals surface area contributed by atoms with Crippen molar-refractivity contribution in [1.29, 1.82) is 0 Å². The Bertz CT molecular complexity index is 2210. The molecule has 0 radical (unpaired) electrons. The highest BCUT2D eigenvalue weighted by Crippen LogP contribution is 2.27. The minimum absolute atomic E-state index is 0.0281. The molecule has 0 aromatic carbocycles. The molecular weight excluding hydrogens is 1030 g/mol. The second kappa shape index (κ2) is 31.7. The molecule has 4 heterocycles. The smallest absolute Gasteiger partial charge is 0.326 e. The van der Waals surface area contributed by atoms with Gasteiger partial charge in [-0.25, -0.2) is 4.79 Å². The van der Waals surface area contributed by atoms with Gasteiger partial charge in [0.25, 0.3) is 0 Å². The fourth-order valence-corrected chi connectivity index (χ4v) is 10.7. The molecular formula is C51H89N17O11. The van der Waals surface area contributed by atoms with Crippen molar-refractivity contribution in [3.05, 3.63) is 0 Å². The number of nitrogens with one attached hydrogen (secondary N) is 5. The van der Waals surface area contributed by atoms with E-state index in [1.165, 1.54) is 19.6 Å². The van der Waals surface area contributed by atoms with Gasteiger partial charge in [-0.2, -0.15) is 0 Å². The van der Waals surface area contributed by atoms with Gasteiger partial charge in [-0.05, 0) is 115 Å². The summed E-state index contributed by atoms with van der Waals surface area (Å²) in [6.07, 6.45) is 5.52. The summed E-state index contributed by atoms with van der Waals surface area (Å²) in [4.78, 5) is 151. The van der Waals surface area contributed by atoms with E-state index < -0.39 is 119 Å². The molecule has 28 heteroatoms. The number of carbonyl (C=O) groups is 10. The number of carbonyl (C=O) groups excluding carboxylic acids is 9. The lowest BCUT2D eigenvalue weighted by Gasteiger charge is -2.34. The third-order valence-corrected chi connectivity index (χ3v) is 14.8. The Morgan fingerprint density at radius 2 is 1.01 bits per heavy atom. The van der Waals surface area contributed by atoms with E-state index in [0.29, 0.717) is 70.9 Å². The fraction of sp³-hybridized carbons (Fsp3) is 0.765. The third-order valence-electron chi connectivity index (χ3n) is 14.8. The van der Waals surface area contributed by atoms with Crippen molar-refractivity contribution in [2.45, 2.75) is 185 Å². The molecule has 4 aliphatic heterocycles. The maximum absolute atomic E-state index is 14.6. The van der Waals surface area contributed by atoms with Gasteiger partial charge in [-0.3, -0.25) is 53.1 Å². The van der Waals surface area contributed by atoms with E-state index in [4.69, 9.17) is 34.4 Å². The van der Waals surface area contributed by atoms with Gasteiger partial charge >= 0.3 is 5.97 Å². The summed E-state index contributed by atoms with van der Waals surface area (Å²) >= 11 is 0. The summed E-state index contributed by atoms with van der Waals surface area (Å²) in [6.45, 7) is 8.21. The van der Waals surface area contributed by atoms with Crippen LogP contribution in [0.1, 0.15) is 130 Å². The quantitative estimate of drug-likeness (QED) is 0.0187. The number of guanidine groups is 2. The molecule has 4 saturated heterocycles. The maximum Gasteiger partial charge on any atom is 0.326 e. The second-order valence-electron chi connectivity index (χ2n) is 21.7. The Hall–Kier alpha value is -6.84. The fourth-order valence-electron chi connectivity index (χ4n) is 10.7. The van der Waals surface area contributed by atoms with E-state index in [-0.39, 0.29) is 102 Å². The standard InChI is InChI=1S/C51H89N17O11/c1-29(2)27-34(63-45(74)37-18-11-26-68(37)48(77)38-19-12-23-65(38)39(69)28-60-41(70)31(53)13-5-6-20-52)47(76)67-25-10-17-36(67)44(73)62-33(15-8-22-59-51(56)57)46(75)66-24-9-16-35(66)43(72)61-32(14-7-21-58-50(54)55)42(71)64-40(30(3)4)49(78)79/h29-38,40H,5-28,52-53H2,1-4H3,(H,60,70)(H,61,72)(H,62,73)(H,63,74)(H,64,71)(H,78,79)(H4,54,55,58)(H4,56,57,59)/t31-,32-,33-,34-,35-,36-,37-,38-,40-/m0/s1. The molecule has 4 fully saturated rings. The normalized spacial score (nSPS) is 20.9. The second-order valence-corrected chi connectivity index (χ2v) is 21.7. The summed E-state index contributed by atoms with van der Waals surface area (Å²) in [6, 6.07) is -9.50. The zero-order valence-corrected chi connectivity index (χ0v) is 46.5. The molecule has 4 rings (SSSR count). The number of carboxylic acid groups (broad SMARTS) is 1. The Kier molecular flexibility index (Phi) is 25.9. The lowest BCUT2D eigenvalue weighted by molar-refractivity contribution is -0.147. The minimum Gasteiger partial charge on any atom is -0.480 e. The molecule has 79 heavy (non-hydrogen) atoms. The molecule has 0 aromatic rings. The third kappa shape index (κ3) is 19.2. The van der Waals surface area contributed by atoms with Crippen LogP contribution < -0.4 is 61.0 Å². The van der Waals surface area contributed by atoms with E-state index in [9.17, 15) is 53.1 Å². The Labute approximate surface area is 462 Å². The van der Waals surface area contributed by atoms with Crippen molar-refractivity contribution in [3.8, 4) is 0 Å². The highest BCUT2D eigenvalue weighted by atomic mass is 16.4. The molecule has 0 bridgehead atoms. The Balaban J connectivity index is 1.48. The predicted octanol–water partition coefficient (Wildman–Crippen LogP) is -3.64. The zero-order valence-electron chi connectivity index (χ0n) is 46.5. The maximum atomic E-state index is 14.6. The SMILES string of the molecule is CC(C)C[C@H](NC(=O)[C@@H]1CCCN1C(=O)[C@@H]1CCCN1C(=O)CNC(=O)[C@@H](N)CCCCN)C(=O)N1CCC[C@H]1C(=O)N[C@@H](CCCN=C(N)N)C(=O)N1CCC[C@H]1C(=O)N[C@@H](CCCN=C(N)N)C(=O)N[C@H](C(=O)O)C(C)C. The topological polar surface area (TPSA) is 445 Å². The summed E-state index contributed by atoms with van der Waals surface area (Å²) < 4.78 is 0. The van der Waals surface area contributed by atoms with Gasteiger partial charge in [0.05, 0.1) is 12.6 Å². The van der Waals surface area contributed by atoms with Gasteiger partial charge < -0.3 is 85.7 Å².